The molecule has 1 rings (SSSR count). The van der Waals surface area contributed by atoms with Crippen molar-refractivity contribution < 1.29 is 14.3 Å². The number of hydrogen-bond acceptors (Lipinski definition) is 3. The van der Waals surface area contributed by atoms with E-state index in [0.29, 0.717) is 13.1 Å². The lowest BCUT2D eigenvalue weighted by Crippen LogP contribution is -2.21. The molecule has 3 heteroatoms. The van der Waals surface area contributed by atoms with E-state index in [1.807, 2.05) is 37.3 Å². The van der Waals surface area contributed by atoms with Gasteiger partial charge in [-0.2, -0.15) is 0 Å². The van der Waals surface area contributed by atoms with Gasteiger partial charge in [0.15, 0.2) is 0 Å². The summed E-state index contributed by atoms with van der Waals surface area (Å²) in [5.74, 6) is 0.800. The molecule has 76 valence electrons. The summed E-state index contributed by atoms with van der Waals surface area (Å²) in [7, 11) is 0. The summed E-state index contributed by atoms with van der Waals surface area (Å²) in [6.07, 6.45) is 0.741. The van der Waals surface area contributed by atoms with E-state index in [2.05, 4.69) is 4.74 Å². The predicted octanol–water partition coefficient (Wildman–Crippen LogP) is 2.02. The van der Waals surface area contributed by atoms with Gasteiger partial charge in [-0.05, 0) is 18.6 Å². The molecule has 0 N–H and O–H groups in total. The Balaban J connectivity index is 2.44. The van der Waals surface area contributed by atoms with Gasteiger partial charge in [-0.15, -0.1) is 0 Å². The van der Waals surface area contributed by atoms with Crippen LogP contribution in [0.5, 0.6) is 5.75 Å². The molecule has 3 nitrogen and oxygen atoms in total. The Morgan fingerprint density at radius 3 is 2.64 bits per heavy atom. The molecule has 0 bridgehead atoms. The van der Waals surface area contributed by atoms with E-state index >= 15 is 0 Å². The van der Waals surface area contributed by atoms with Crippen LogP contribution >= 0.6 is 0 Å². The number of para-hydroxylation sites is 1. The van der Waals surface area contributed by atoms with Crippen LogP contribution in [0.15, 0.2) is 30.3 Å². The molecule has 0 heterocycles. The lowest BCUT2D eigenvalue weighted by atomic mass is 10.3. The first-order chi connectivity index (χ1) is 6.86. The number of rotatable bonds is 6. The molecular weight excluding hydrogens is 180 g/mol. The maximum absolute atomic E-state index is 10.00. The molecule has 1 aromatic carbocycles. The van der Waals surface area contributed by atoms with Crippen LogP contribution in [-0.2, 0) is 9.53 Å². The number of benzene rings is 1. The minimum Gasteiger partial charge on any atom is -0.487 e. The van der Waals surface area contributed by atoms with Crippen molar-refractivity contribution in [2.75, 3.05) is 6.61 Å². The largest absolute Gasteiger partial charge is 0.487 e. The Morgan fingerprint density at radius 2 is 2.07 bits per heavy atom. The second-order valence-electron chi connectivity index (χ2n) is 2.89. The van der Waals surface area contributed by atoms with Crippen molar-refractivity contribution in [3.05, 3.63) is 30.3 Å². The molecule has 0 radical (unpaired) electrons. The van der Waals surface area contributed by atoms with Gasteiger partial charge in [0.25, 0.3) is 6.47 Å². The molecule has 0 aliphatic rings. The predicted molar refractivity (Wildman–Crippen MR) is 53.2 cm³/mol. The summed E-state index contributed by atoms with van der Waals surface area (Å²) in [4.78, 5) is 10.00. The quantitative estimate of drug-likeness (QED) is 0.650. The highest BCUT2D eigenvalue weighted by molar-refractivity contribution is 5.36. The maximum atomic E-state index is 10.00. The van der Waals surface area contributed by atoms with Gasteiger partial charge in [0.2, 0.25) is 0 Å². The fraction of sp³-hybridized carbons (Fsp3) is 0.364. The highest BCUT2D eigenvalue weighted by Gasteiger charge is 2.07. The summed E-state index contributed by atoms with van der Waals surface area (Å²) in [5, 5.41) is 0. The summed E-state index contributed by atoms with van der Waals surface area (Å²) in [6, 6.07) is 9.49. The van der Waals surface area contributed by atoms with Crippen molar-refractivity contribution in [1.29, 1.82) is 0 Å². The first-order valence-electron chi connectivity index (χ1n) is 4.63. The monoisotopic (exact) mass is 194 g/mol. The first kappa shape index (κ1) is 10.6. The molecule has 1 atom stereocenters. The van der Waals surface area contributed by atoms with Crippen LogP contribution in [0.4, 0.5) is 0 Å². The highest BCUT2D eigenvalue weighted by atomic mass is 16.6. The van der Waals surface area contributed by atoms with Crippen LogP contribution in [0, 0.1) is 0 Å². The van der Waals surface area contributed by atoms with Crippen LogP contribution < -0.4 is 4.74 Å². The standard InChI is InChI=1S/C11H14O3/c1-2-10(8-13-9-12)14-11-6-4-3-5-7-11/h3-7,9-10H,2,8H2,1H3. The van der Waals surface area contributed by atoms with Crippen molar-refractivity contribution in [3.63, 3.8) is 0 Å². The second kappa shape index (κ2) is 6.02. The molecule has 1 unspecified atom stereocenters. The molecule has 1 aromatic rings. The van der Waals surface area contributed by atoms with Crippen LogP contribution in [0.3, 0.4) is 0 Å². The fourth-order valence-corrected chi connectivity index (χ4v) is 1.07. The molecule has 0 aromatic heterocycles. The molecule has 0 amide bonds. The van der Waals surface area contributed by atoms with Gasteiger partial charge in [-0.25, -0.2) is 0 Å². The summed E-state index contributed by atoms with van der Waals surface area (Å²) in [6.45, 7) is 2.73. The van der Waals surface area contributed by atoms with Crippen LogP contribution in [0.2, 0.25) is 0 Å². The van der Waals surface area contributed by atoms with Crippen LogP contribution in [0.25, 0.3) is 0 Å². The topological polar surface area (TPSA) is 35.5 Å². The molecule has 0 fully saturated rings. The summed E-state index contributed by atoms with van der Waals surface area (Å²) in [5.41, 5.74) is 0. The number of carbonyl (C=O) groups excluding carboxylic acids is 1. The van der Waals surface area contributed by atoms with E-state index in [-0.39, 0.29) is 6.10 Å². The Morgan fingerprint density at radius 1 is 1.36 bits per heavy atom. The second-order valence-corrected chi connectivity index (χ2v) is 2.89. The number of ether oxygens (including phenoxy) is 2. The van der Waals surface area contributed by atoms with E-state index in [4.69, 9.17) is 4.74 Å². The zero-order chi connectivity index (χ0) is 10.2. The van der Waals surface area contributed by atoms with E-state index in [1.54, 1.807) is 0 Å². The van der Waals surface area contributed by atoms with Gasteiger partial charge < -0.3 is 9.47 Å². The third kappa shape index (κ3) is 3.47. The molecule has 0 saturated carbocycles. The van der Waals surface area contributed by atoms with Crippen LogP contribution in [-0.4, -0.2) is 19.2 Å². The van der Waals surface area contributed by atoms with Gasteiger partial charge in [0.1, 0.15) is 18.5 Å². The minimum absolute atomic E-state index is 0.0670. The molecule has 0 aliphatic heterocycles. The zero-order valence-electron chi connectivity index (χ0n) is 8.18. The fourth-order valence-electron chi connectivity index (χ4n) is 1.07. The third-order valence-corrected chi connectivity index (χ3v) is 1.85. The third-order valence-electron chi connectivity index (χ3n) is 1.85. The first-order valence-corrected chi connectivity index (χ1v) is 4.63. The number of carbonyl (C=O) groups is 1. The zero-order valence-corrected chi connectivity index (χ0v) is 8.18. The minimum atomic E-state index is -0.0670. The van der Waals surface area contributed by atoms with Crippen molar-refractivity contribution in [1.82, 2.24) is 0 Å². The van der Waals surface area contributed by atoms with Crippen molar-refractivity contribution in [2.24, 2.45) is 0 Å². The summed E-state index contributed by atoms with van der Waals surface area (Å²) < 4.78 is 10.2. The lowest BCUT2D eigenvalue weighted by Gasteiger charge is -2.15. The molecule has 0 spiro atoms. The van der Waals surface area contributed by atoms with Crippen molar-refractivity contribution >= 4 is 6.47 Å². The van der Waals surface area contributed by atoms with Crippen molar-refractivity contribution in [3.8, 4) is 5.75 Å². The van der Waals surface area contributed by atoms with Gasteiger partial charge >= 0.3 is 0 Å². The average Bonchev–Trinajstić information content (AvgIpc) is 2.25. The molecular formula is C11H14O3. The number of hydrogen-bond donors (Lipinski definition) is 0. The molecule has 14 heavy (non-hydrogen) atoms. The SMILES string of the molecule is CCC(COC=O)Oc1ccccc1. The maximum Gasteiger partial charge on any atom is 0.293 e. The smallest absolute Gasteiger partial charge is 0.293 e. The Bertz CT molecular complexity index is 258. The van der Waals surface area contributed by atoms with E-state index < -0.39 is 0 Å². The Hall–Kier alpha value is -1.51. The van der Waals surface area contributed by atoms with Crippen molar-refractivity contribution in [2.45, 2.75) is 19.4 Å². The van der Waals surface area contributed by atoms with Gasteiger partial charge in [-0.1, -0.05) is 25.1 Å². The van der Waals surface area contributed by atoms with Crippen LogP contribution in [0.1, 0.15) is 13.3 Å². The van der Waals surface area contributed by atoms with E-state index in [1.165, 1.54) is 0 Å². The van der Waals surface area contributed by atoms with E-state index in [9.17, 15) is 4.79 Å². The van der Waals surface area contributed by atoms with Gasteiger partial charge in [-0.3, -0.25) is 4.79 Å². The Labute approximate surface area is 83.6 Å². The normalized spacial score (nSPS) is 11.8. The molecule has 0 aliphatic carbocycles. The molecule has 0 saturated heterocycles. The average molecular weight is 194 g/mol. The Kier molecular flexibility index (Phi) is 4.55. The van der Waals surface area contributed by atoms with Gasteiger partial charge in [0.05, 0.1) is 0 Å². The van der Waals surface area contributed by atoms with E-state index in [0.717, 1.165) is 12.2 Å². The lowest BCUT2D eigenvalue weighted by molar-refractivity contribution is -0.131. The summed E-state index contributed by atoms with van der Waals surface area (Å²) >= 11 is 0. The van der Waals surface area contributed by atoms with Gasteiger partial charge in [0, 0.05) is 0 Å². The highest BCUT2D eigenvalue weighted by Crippen LogP contribution is 2.12.